The van der Waals surface area contributed by atoms with Gasteiger partial charge in [-0.25, -0.2) is 0 Å². The highest BCUT2D eigenvalue weighted by atomic mass is 35.5. The quantitative estimate of drug-likeness (QED) is 0.861. The lowest BCUT2D eigenvalue weighted by Crippen LogP contribution is -2.15. The van der Waals surface area contributed by atoms with Gasteiger partial charge in [0.05, 0.1) is 5.02 Å². The van der Waals surface area contributed by atoms with Gasteiger partial charge in [0.2, 0.25) is 0 Å². The van der Waals surface area contributed by atoms with E-state index in [4.69, 9.17) is 16.3 Å². The molecule has 0 amide bonds. The fourth-order valence-corrected chi connectivity index (χ4v) is 2.26. The van der Waals surface area contributed by atoms with Gasteiger partial charge in [-0.1, -0.05) is 35.4 Å². The summed E-state index contributed by atoms with van der Waals surface area (Å²) in [5.74, 6) is 1.51. The molecule has 3 heteroatoms. The molecule has 1 fully saturated rings. The molecular weight excluding hydrogens is 270 g/mol. The summed E-state index contributed by atoms with van der Waals surface area (Å²) in [4.78, 5) is 0. The molecule has 0 aliphatic heterocycles. The van der Waals surface area contributed by atoms with Crippen LogP contribution in [0.4, 0.5) is 0 Å². The number of hydrogen-bond donors (Lipinski definition) is 1. The van der Waals surface area contributed by atoms with E-state index < -0.39 is 0 Å². The summed E-state index contributed by atoms with van der Waals surface area (Å²) in [6.45, 7) is 2.92. The fourth-order valence-electron chi connectivity index (χ4n) is 2.02. The molecule has 104 valence electrons. The highest BCUT2D eigenvalue weighted by Crippen LogP contribution is 2.30. The molecule has 2 aromatic rings. The van der Waals surface area contributed by atoms with E-state index in [1.165, 1.54) is 24.0 Å². The summed E-state index contributed by atoms with van der Waals surface area (Å²) in [7, 11) is 0. The van der Waals surface area contributed by atoms with Crippen LogP contribution in [0.15, 0.2) is 42.5 Å². The molecule has 0 saturated heterocycles. The second-order valence-corrected chi connectivity index (χ2v) is 5.74. The van der Waals surface area contributed by atoms with E-state index in [2.05, 4.69) is 18.3 Å². The fraction of sp³-hybridized carbons (Fsp3) is 0.294. The van der Waals surface area contributed by atoms with Crippen molar-refractivity contribution >= 4 is 11.6 Å². The third kappa shape index (κ3) is 3.53. The Morgan fingerprint density at radius 3 is 2.55 bits per heavy atom. The molecule has 1 N–H and O–H groups in total. The Hall–Kier alpha value is -1.51. The second kappa shape index (κ2) is 5.86. The lowest BCUT2D eigenvalue weighted by molar-refractivity contribution is 0.482. The monoisotopic (exact) mass is 287 g/mol. The molecule has 2 nitrogen and oxygen atoms in total. The number of rotatable bonds is 5. The van der Waals surface area contributed by atoms with E-state index in [1.54, 1.807) is 0 Å². The zero-order valence-corrected chi connectivity index (χ0v) is 12.3. The number of benzene rings is 2. The Balaban J connectivity index is 1.68. The molecule has 0 unspecified atom stereocenters. The van der Waals surface area contributed by atoms with Gasteiger partial charge in [0.1, 0.15) is 11.5 Å². The van der Waals surface area contributed by atoms with E-state index >= 15 is 0 Å². The predicted octanol–water partition coefficient (Wildman–Crippen LogP) is 4.69. The summed E-state index contributed by atoms with van der Waals surface area (Å²) < 4.78 is 5.80. The van der Waals surface area contributed by atoms with Gasteiger partial charge in [-0.05, 0) is 49.6 Å². The number of ether oxygens (including phenoxy) is 1. The van der Waals surface area contributed by atoms with Gasteiger partial charge in [-0.2, -0.15) is 0 Å². The van der Waals surface area contributed by atoms with Gasteiger partial charge in [0.25, 0.3) is 0 Å². The zero-order valence-electron chi connectivity index (χ0n) is 11.5. The first-order valence-electron chi connectivity index (χ1n) is 6.97. The molecule has 0 bridgehead atoms. The van der Waals surface area contributed by atoms with Crippen molar-refractivity contribution in [1.82, 2.24) is 5.32 Å². The molecule has 1 aliphatic rings. The van der Waals surface area contributed by atoms with Crippen molar-refractivity contribution < 1.29 is 4.74 Å². The maximum Gasteiger partial charge on any atom is 0.146 e. The highest BCUT2D eigenvalue weighted by Gasteiger charge is 2.20. The van der Waals surface area contributed by atoms with Gasteiger partial charge in [-0.3, -0.25) is 0 Å². The van der Waals surface area contributed by atoms with Crippen LogP contribution in [0, 0.1) is 6.92 Å². The van der Waals surface area contributed by atoms with E-state index in [0.717, 1.165) is 12.3 Å². The summed E-state index contributed by atoms with van der Waals surface area (Å²) in [6.07, 6.45) is 2.59. The van der Waals surface area contributed by atoms with Crippen molar-refractivity contribution in [2.75, 3.05) is 0 Å². The summed E-state index contributed by atoms with van der Waals surface area (Å²) in [5, 5.41) is 4.13. The van der Waals surface area contributed by atoms with E-state index in [-0.39, 0.29) is 0 Å². The first kappa shape index (κ1) is 13.5. The second-order valence-electron chi connectivity index (χ2n) is 5.34. The molecular formula is C17H18ClNO. The molecule has 0 spiro atoms. The van der Waals surface area contributed by atoms with Crippen LogP contribution in [-0.2, 0) is 6.54 Å². The van der Waals surface area contributed by atoms with Gasteiger partial charge >= 0.3 is 0 Å². The van der Waals surface area contributed by atoms with Crippen molar-refractivity contribution in [2.45, 2.75) is 32.4 Å². The maximum atomic E-state index is 6.29. The average molecular weight is 288 g/mol. The highest BCUT2D eigenvalue weighted by molar-refractivity contribution is 6.32. The average Bonchev–Trinajstić information content (AvgIpc) is 3.26. The molecule has 2 aromatic carbocycles. The third-order valence-electron chi connectivity index (χ3n) is 3.42. The van der Waals surface area contributed by atoms with Crippen LogP contribution in [0.3, 0.4) is 0 Å². The van der Waals surface area contributed by atoms with Crippen molar-refractivity contribution in [2.24, 2.45) is 0 Å². The largest absolute Gasteiger partial charge is 0.456 e. The molecule has 0 aromatic heterocycles. The van der Waals surface area contributed by atoms with Crippen molar-refractivity contribution in [3.05, 3.63) is 58.6 Å². The van der Waals surface area contributed by atoms with Crippen LogP contribution < -0.4 is 10.1 Å². The Morgan fingerprint density at radius 2 is 1.90 bits per heavy atom. The number of nitrogens with one attached hydrogen (secondary N) is 1. The van der Waals surface area contributed by atoms with Crippen molar-refractivity contribution in [3.8, 4) is 11.5 Å². The molecule has 3 rings (SSSR count). The predicted molar refractivity (Wildman–Crippen MR) is 82.6 cm³/mol. The minimum Gasteiger partial charge on any atom is -0.456 e. The van der Waals surface area contributed by atoms with Crippen LogP contribution in [0.25, 0.3) is 0 Å². The summed E-state index contributed by atoms with van der Waals surface area (Å²) in [5.41, 5.74) is 2.41. The Bertz CT molecular complexity index is 590. The van der Waals surface area contributed by atoms with E-state index in [0.29, 0.717) is 16.8 Å². The summed E-state index contributed by atoms with van der Waals surface area (Å²) >= 11 is 6.29. The van der Waals surface area contributed by atoms with Crippen molar-refractivity contribution in [1.29, 1.82) is 0 Å². The summed E-state index contributed by atoms with van der Waals surface area (Å²) in [6, 6.07) is 14.6. The Labute approximate surface area is 124 Å². The van der Waals surface area contributed by atoms with Gasteiger partial charge < -0.3 is 10.1 Å². The molecule has 1 saturated carbocycles. The maximum absolute atomic E-state index is 6.29. The van der Waals surface area contributed by atoms with Crippen LogP contribution in [0.1, 0.15) is 24.0 Å². The lowest BCUT2D eigenvalue weighted by atomic mass is 10.2. The number of halogens is 1. The molecule has 1 aliphatic carbocycles. The van der Waals surface area contributed by atoms with Gasteiger partial charge in [0.15, 0.2) is 0 Å². The minimum absolute atomic E-state index is 0.653. The topological polar surface area (TPSA) is 21.3 Å². The van der Waals surface area contributed by atoms with Crippen molar-refractivity contribution in [3.63, 3.8) is 0 Å². The smallest absolute Gasteiger partial charge is 0.146 e. The van der Waals surface area contributed by atoms with Crippen LogP contribution in [0.5, 0.6) is 11.5 Å². The van der Waals surface area contributed by atoms with Gasteiger partial charge in [0, 0.05) is 12.6 Å². The van der Waals surface area contributed by atoms with Gasteiger partial charge in [-0.15, -0.1) is 0 Å². The third-order valence-corrected chi connectivity index (χ3v) is 3.71. The first-order valence-corrected chi connectivity index (χ1v) is 7.35. The zero-order chi connectivity index (χ0) is 13.9. The minimum atomic E-state index is 0.653. The Kier molecular flexibility index (Phi) is 3.95. The molecule has 0 heterocycles. The molecule has 0 atom stereocenters. The first-order chi connectivity index (χ1) is 9.70. The van der Waals surface area contributed by atoms with E-state index in [9.17, 15) is 0 Å². The van der Waals surface area contributed by atoms with Crippen LogP contribution in [-0.4, -0.2) is 6.04 Å². The lowest BCUT2D eigenvalue weighted by Gasteiger charge is -2.10. The number of aryl methyl sites for hydroxylation is 1. The SMILES string of the molecule is Cc1ccc(Oc2ccc(CNC3CC3)cc2Cl)cc1. The molecule has 20 heavy (non-hydrogen) atoms. The van der Waals surface area contributed by atoms with Crippen LogP contribution >= 0.6 is 11.6 Å². The standard InChI is InChI=1S/C17H18ClNO/c1-12-2-7-15(8-3-12)20-17-9-4-13(10-16(17)18)11-19-14-5-6-14/h2-4,7-10,14,19H,5-6,11H2,1H3. The Morgan fingerprint density at radius 1 is 1.15 bits per heavy atom. The van der Waals surface area contributed by atoms with E-state index in [1.807, 2.05) is 36.4 Å². The normalized spacial score (nSPS) is 14.3. The number of hydrogen-bond acceptors (Lipinski definition) is 2. The molecule has 0 radical (unpaired) electrons. The van der Waals surface area contributed by atoms with Crippen LogP contribution in [0.2, 0.25) is 5.02 Å².